The fourth-order valence-corrected chi connectivity index (χ4v) is 6.96. The summed E-state index contributed by atoms with van der Waals surface area (Å²) in [7, 11) is 0. The van der Waals surface area contributed by atoms with Crippen LogP contribution < -0.4 is 0 Å². The second-order valence-electron chi connectivity index (χ2n) is 15.8. The van der Waals surface area contributed by atoms with Crippen LogP contribution in [-0.2, 0) is 20.1 Å². The molecule has 1 N–H and O–H groups in total. The Bertz CT molecular complexity index is 3450. The van der Waals surface area contributed by atoms with Gasteiger partial charge in [0.15, 0.2) is 0 Å². The largest absolute Gasteiger partial charge is 0.506 e. The number of aromatic hydroxyl groups is 1. The number of nitrogens with zero attached hydrogens (tertiary/aromatic N) is 9. The summed E-state index contributed by atoms with van der Waals surface area (Å²) in [5.74, 6) is 0.170. The first-order valence-corrected chi connectivity index (χ1v) is 21.8. The fourth-order valence-electron chi connectivity index (χ4n) is 6.96. The van der Waals surface area contributed by atoms with Gasteiger partial charge in [0.05, 0.1) is 0 Å². The monoisotopic (exact) mass is 1190 g/mol. The van der Waals surface area contributed by atoms with Crippen LogP contribution in [0.1, 0.15) is 20.8 Å². The van der Waals surface area contributed by atoms with Crippen molar-refractivity contribution in [3.63, 3.8) is 0 Å². The Labute approximate surface area is 429 Å². The quantitative estimate of drug-likeness (QED) is 0.138. The van der Waals surface area contributed by atoms with Crippen molar-refractivity contribution in [1.82, 2.24) is 45.0 Å². The van der Waals surface area contributed by atoms with E-state index in [1.807, 2.05) is 152 Å². The molecular weight excluding hydrogens is 1150 g/mol. The molecule has 12 aromatic rings. The second-order valence-corrected chi connectivity index (χ2v) is 15.8. The van der Waals surface area contributed by atoms with Gasteiger partial charge in [-0.15, -0.1) is 48.7 Å². The van der Waals surface area contributed by atoms with Crippen molar-refractivity contribution in [2.45, 2.75) is 39.3 Å². The smallest absolute Gasteiger partial charge is 0.386 e. The van der Waals surface area contributed by atoms with Gasteiger partial charge in [-0.1, -0.05) is 103 Å². The number of phenols is 1. The fraction of sp³-hybridized carbons (Fsp3) is 0.111. The van der Waals surface area contributed by atoms with E-state index in [-0.39, 0.29) is 46.6 Å². The number of phenolic OH excluding ortho intramolecular Hbond substituents is 1. The van der Waals surface area contributed by atoms with Gasteiger partial charge in [-0.05, 0) is 59.2 Å². The van der Waals surface area contributed by atoms with Crippen LogP contribution in [-0.4, -0.2) is 68.6 Å². The molecule has 20 heteroatoms. The first kappa shape index (κ1) is 55.1. The predicted octanol–water partition coefficient (Wildman–Crippen LogP) is 14.7. The van der Waals surface area contributed by atoms with Crippen LogP contribution in [0.15, 0.2) is 182 Å². The van der Waals surface area contributed by atoms with E-state index in [1.165, 1.54) is 4.80 Å². The summed E-state index contributed by atoms with van der Waals surface area (Å²) in [6.07, 6.45) is -12.0. The number of alkyl halides is 9. The Morgan fingerprint density at radius 1 is 0.351 bits per heavy atom. The molecule has 74 heavy (non-hydrogen) atoms. The van der Waals surface area contributed by atoms with E-state index >= 15 is 0 Å². The van der Waals surface area contributed by atoms with Crippen LogP contribution in [0.25, 0.3) is 82.5 Å². The topological polar surface area (TPSA) is 112 Å². The first-order valence-electron chi connectivity index (χ1n) is 21.8. The van der Waals surface area contributed by atoms with Crippen molar-refractivity contribution in [3.05, 3.63) is 194 Å². The van der Waals surface area contributed by atoms with Crippen molar-refractivity contribution < 1.29 is 64.7 Å². The van der Waals surface area contributed by atoms with Gasteiger partial charge in [0.25, 0.3) is 0 Å². The molecule has 1 radical (unpaired) electrons. The van der Waals surface area contributed by atoms with Crippen molar-refractivity contribution in [2.75, 3.05) is 0 Å². The van der Waals surface area contributed by atoms with Gasteiger partial charge in [-0.3, -0.25) is 0 Å². The summed E-state index contributed by atoms with van der Waals surface area (Å²) >= 11 is 0. The molecule has 0 bridgehead atoms. The van der Waals surface area contributed by atoms with Crippen molar-refractivity contribution >= 4 is 65.4 Å². The predicted molar refractivity (Wildman–Crippen MR) is 264 cm³/mol. The maximum atomic E-state index is 10.4. The number of fused-ring (bicyclic) bond motifs is 6. The number of rotatable bonds is 3. The Kier molecular flexibility index (Phi) is 17.9. The summed E-state index contributed by atoms with van der Waals surface area (Å²) in [5.41, 5.74) is 7.56. The summed E-state index contributed by atoms with van der Waals surface area (Å²) in [4.78, 5) is 4.82. The summed E-state index contributed by atoms with van der Waals surface area (Å²) in [6, 6.07) is 65.5. The summed E-state index contributed by atoms with van der Waals surface area (Å²) < 4.78 is 93.2. The van der Waals surface area contributed by atoms with E-state index in [0.717, 1.165) is 76.8 Å². The van der Waals surface area contributed by atoms with Crippen molar-refractivity contribution in [1.29, 1.82) is 0 Å². The van der Waals surface area contributed by atoms with Crippen LogP contribution >= 0.6 is 0 Å². The molecule has 3 heterocycles. The van der Waals surface area contributed by atoms with Crippen molar-refractivity contribution in [3.8, 4) is 22.8 Å². The van der Waals surface area contributed by atoms with Gasteiger partial charge in [0, 0.05) is 46.3 Å². The molecule has 0 saturated carbocycles. The number of aromatic nitrogens is 9. The minimum Gasteiger partial charge on any atom is -0.506 e. The van der Waals surface area contributed by atoms with Gasteiger partial charge >= 0.3 is 18.5 Å². The van der Waals surface area contributed by atoms with E-state index in [1.54, 1.807) is 15.7 Å². The molecule has 0 atom stereocenters. The SMILES string of the molecule is CC(F)(F)F.CC(F)(F)F.CC(F)(F)F.Oc1ccc2ccccc2c1-n1nc2ccccc2n1.[Ir].[c-]1ccc2ccccc2c1-n1nc2ccccc2n1.[c-]1ccc2ccccc2c1-n1nc2ccccc2n1. The van der Waals surface area contributed by atoms with E-state index in [9.17, 15) is 44.6 Å². The van der Waals surface area contributed by atoms with Gasteiger partial charge in [0.2, 0.25) is 0 Å². The first-order chi connectivity index (χ1) is 34.7. The minimum absolute atomic E-state index is 0. The van der Waals surface area contributed by atoms with Gasteiger partial charge in [0.1, 0.15) is 44.5 Å². The molecule has 3 aromatic heterocycles. The Hall–Kier alpha value is -8.22. The third-order valence-corrected chi connectivity index (χ3v) is 9.74. The molecular formula is C54H40F9IrN9O-2. The maximum absolute atomic E-state index is 10.4. The molecule has 0 fully saturated rings. The molecule has 0 amide bonds. The van der Waals surface area contributed by atoms with E-state index in [2.05, 4.69) is 67.0 Å². The molecule has 0 aliphatic heterocycles. The number of halogens is 9. The van der Waals surface area contributed by atoms with E-state index in [4.69, 9.17) is 0 Å². The Balaban J connectivity index is 0.000000158. The molecule has 10 nitrogen and oxygen atoms in total. The maximum Gasteiger partial charge on any atom is 0.386 e. The molecule has 9 aromatic carbocycles. The van der Waals surface area contributed by atoms with E-state index in [0.29, 0.717) is 5.69 Å². The average molecular weight is 1190 g/mol. The van der Waals surface area contributed by atoms with Crippen LogP contribution in [0.2, 0.25) is 0 Å². The van der Waals surface area contributed by atoms with Crippen LogP contribution in [0, 0.1) is 12.1 Å². The van der Waals surface area contributed by atoms with Gasteiger partial charge < -0.3 is 5.11 Å². The normalized spacial score (nSPS) is 11.2. The standard InChI is InChI=1S/C16H11N3O.2C16H10N3.3C2H3F3.Ir/c20-15-10-9-11-5-1-2-6-12(11)16(15)19-17-13-7-3-4-8-14(13)18-19;2*1-2-8-13-12(6-1)7-5-11-16(13)19-17-14-9-3-4-10-15(14)18-19;3*1-2(3,4)5;/h1-10,20H;2*1-10H;3*1H3;/q;2*-1;;;;. The summed E-state index contributed by atoms with van der Waals surface area (Å²) in [6.45, 7) is 0.562. The van der Waals surface area contributed by atoms with Crippen LogP contribution in [0.5, 0.6) is 5.75 Å². The molecule has 12 rings (SSSR count). The zero-order chi connectivity index (χ0) is 52.3. The molecule has 0 saturated heterocycles. The second kappa shape index (κ2) is 24.0. The number of benzene rings is 9. The third kappa shape index (κ3) is 15.6. The van der Waals surface area contributed by atoms with Crippen LogP contribution in [0.3, 0.4) is 0 Å². The Morgan fingerprint density at radius 2 is 0.608 bits per heavy atom. The summed E-state index contributed by atoms with van der Waals surface area (Å²) in [5, 5.41) is 43.6. The molecule has 381 valence electrons. The van der Waals surface area contributed by atoms with Crippen LogP contribution in [0.4, 0.5) is 39.5 Å². The number of hydrogen-bond acceptors (Lipinski definition) is 7. The Morgan fingerprint density at radius 3 is 0.932 bits per heavy atom. The minimum atomic E-state index is -4.00. The van der Waals surface area contributed by atoms with Gasteiger partial charge in [-0.25, -0.2) is 0 Å². The third-order valence-electron chi connectivity index (χ3n) is 9.74. The number of hydrogen-bond donors (Lipinski definition) is 1. The van der Waals surface area contributed by atoms with Gasteiger partial charge in [-0.2, -0.15) is 106 Å². The zero-order valence-corrected chi connectivity index (χ0v) is 41.4. The van der Waals surface area contributed by atoms with E-state index < -0.39 is 18.5 Å². The molecule has 0 unspecified atom stereocenters. The molecule has 0 aliphatic carbocycles. The average Bonchev–Trinajstić information content (AvgIpc) is 4.10. The molecule has 0 spiro atoms. The van der Waals surface area contributed by atoms with Crippen molar-refractivity contribution in [2.24, 2.45) is 0 Å². The zero-order valence-electron chi connectivity index (χ0n) is 39.0. The molecule has 0 aliphatic rings.